The molecule has 116 valence electrons. The second-order valence-corrected chi connectivity index (χ2v) is 5.10. The molecule has 2 aromatic rings. The van der Waals surface area contributed by atoms with Gasteiger partial charge in [0.05, 0.1) is 21.6 Å². The van der Waals surface area contributed by atoms with E-state index in [-0.39, 0.29) is 17.4 Å². The molecule has 1 N–H and O–H groups in total. The van der Waals surface area contributed by atoms with E-state index in [4.69, 9.17) is 0 Å². The molecule has 1 aliphatic heterocycles. The molecule has 0 amide bonds. The minimum absolute atomic E-state index is 0.0345. The van der Waals surface area contributed by atoms with Crippen LogP contribution < -0.4 is 5.43 Å². The zero-order valence-electron chi connectivity index (χ0n) is 11.9. The van der Waals surface area contributed by atoms with Crippen LogP contribution in [0.15, 0.2) is 53.6 Å². The Kier molecular flexibility index (Phi) is 3.71. The van der Waals surface area contributed by atoms with Gasteiger partial charge >= 0.3 is 0 Å². The van der Waals surface area contributed by atoms with E-state index >= 15 is 0 Å². The van der Waals surface area contributed by atoms with Crippen molar-refractivity contribution in [3.8, 4) is 0 Å². The monoisotopic (exact) mass is 312 g/mol. The van der Waals surface area contributed by atoms with Crippen molar-refractivity contribution in [2.75, 3.05) is 0 Å². The quantitative estimate of drug-likeness (QED) is 0.689. The lowest BCUT2D eigenvalue weighted by molar-refractivity contribution is -0.385. The van der Waals surface area contributed by atoms with Gasteiger partial charge in [-0.2, -0.15) is 5.10 Å². The molecule has 23 heavy (non-hydrogen) atoms. The van der Waals surface area contributed by atoms with E-state index in [1.807, 2.05) is 0 Å². The molecular weight excluding hydrogens is 300 g/mol. The lowest BCUT2D eigenvalue weighted by Gasteiger charge is -2.09. The third kappa shape index (κ3) is 3.00. The fourth-order valence-electron chi connectivity index (χ4n) is 2.42. The Bertz CT molecular complexity index is 784. The predicted molar refractivity (Wildman–Crippen MR) is 83.2 cm³/mol. The van der Waals surface area contributed by atoms with Gasteiger partial charge in [-0.25, -0.2) is 0 Å². The number of nitrogens with one attached hydrogen (secondary N) is 1. The van der Waals surface area contributed by atoms with Gasteiger partial charge in [0.1, 0.15) is 0 Å². The maximum absolute atomic E-state index is 10.7. The van der Waals surface area contributed by atoms with Crippen LogP contribution in [0, 0.1) is 20.2 Å². The van der Waals surface area contributed by atoms with Crippen molar-refractivity contribution in [2.24, 2.45) is 5.10 Å². The summed E-state index contributed by atoms with van der Waals surface area (Å²) in [5.74, 6) is 0. The molecule has 2 aromatic carbocycles. The average molecular weight is 312 g/mol. The Morgan fingerprint density at radius 3 is 1.96 bits per heavy atom. The summed E-state index contributed by atoms with van der Waals surface area (Å²) < 4.78 is 0. The Hall–Kier alpha value is -3.29. The molecule has 0 aliphatic carbocycles. The lowest BCUT2D eigenvalue weighted by Crippen LogP contribution is -2.09. The van der Waals surface area contributed by atoms with Crippen LogP contribution in [0.4, 0.5) is 11.4 Å². The van der Waals surface area contributed by atoms with Crippen LogP contribution in [-0.2, 0) is 0 Å². The molecule has 0 bridgehead atoms. The van der Waals surface area contributed by atoms with Crippen molar-refractivity contribution in [1.82, 2.24) is 5.43 Å². The number of benzene rings is 2. The highest BCUT2D eigenvalue weighted by atomic mass is 16.6. The number of rotatable bonds is 4. The first-order valence-corrected chi connectivity index (χ1v) is 6.86. The fraction of sp³-hybridized carbons (Fsp3) is 0.133. The average Bonchev–Trinajstić information content (AvgIpc) is 3.05. The summed E-state index contributed by atoms with van der Waals surface area (Å²) in [5.41, 5.74) is 5.58. The van der Waals surface area contributed by atoms with Crippen LogP contribution in [0.3, 0.4) is 0 Å². The minimum Gasteiger partial charge on any atom is -0.302 e. The molecular formula is C15H12N4O4. The normalized spacial score (nSPS) is 16.5. The molecule has 8 nitrogen and oxygen atoms in total. The van der Waals surface area contributed by atoms with Crippen LogP contribution in [0.5, 0.6) is 0 Å². The largest absolute Gasteiger partial charge is 0.302 e. The van der Waals surface area contributed by atoms with Gasteiger partial charge in [-0.1, -0.05) is 12.1 Å². The SMILES string of the molecule is O=[N+]([O-])c1ccc(C2=NNC(c3ccc([N+](=O)[O-])cc3)C2)cc1. The van der Waals surface area contributed by atoms with Crippen LogP contribution in [0.2, 0.25) is 0 Å². The summed E-state index contributed by atoms with van der Waals surface area (Å²) in [5, 5.41) is 25.6. The summed E-state index contributed by atoms with van der Waals surface area (Å²) in [7, 11) is 0. The summed E-state index contributed by atoms with van der Waals surface area (Å²) >= 11 is 0. The second kappa shape index (κ2) is 5.84. The third-order valence-corrected chi connectivity index (χ3v) is 3.67. The molecule has 1 atom stereocenters. The molecule has 0 spiro atoms. The highest BCUT2D eigenvalue weighted by Crippen LogP contribution is 2.26. The van der Waals surface area contributed by atoms with Crippen LogP contribution >= 0.6 is 0 Å². The second-order valence-electron chi connectivity index (χ2n) is 5.10. The van der Waals surface area contributed by atoms with Crippen LogP contribution in [0.1, 0.15) is 23.6 Å². The van der Waals surface area contributed by atoms with Gasteiger partial charge in [0.2, 0.25) is 0 Å². The zero-order chi connectivity index (χ0) is 16.4. The molecule has 0 saturated heterocycles. The van der Waals surface area contributed by atoms with Gasteiger partial charge < -0.3 is 5.43 Å². The molecule has 0 fully saturated rings. The molecule has 1 aliphatic rings. The Balaban J connectivity index is 1.72. The number of nitro groups is 2. The smallest absolute Gasteiger partial charge is 0.269 e. The van der Waals surface area contributed by atoms with E-state index < -0.39 is 9.85 Å². The maximum Gasteiger partial charge on any atom is 0.269 e. The summed E-state index contributed by atoms with van der Waals surface area (Å²) in [6.07, 6.45) is 0.607. The first-order valence-electron chi connectivity index (χ1n) is 6.86. The van der Waals surface area contributed by atoms with Crippen molar-refractivity contribution >= 4 is 17.1 Å². The highest BCUT2D eigenvalue weighted by molar-refractivity contribution is 6.01. The molecule has 0 radical (unpaired) electrons. The van der Waals surface area contributed by atoms with E-state index in [9.17, 15) is 20.2 Å². The van der Waals surface area contributed by atoms with Gasteiger partial charge in [-0.05, 0) is 23.3 Å². The van der Waals surface area contributed by atoms with E-state index in [0.29, 0.717) is 6.42 Å². The van der Waals surface area contributed by atoms with Crippen molar-refractivity contribution in [2.45, 2.75) is 12.5 Å². The fourth-order valence-corrected chi connectivity index (χ4v) is 2.42. The van der Waals surface area contributed by atoms with Gasteiger partial charge in [0.15, 0.2) is 0 Å². The van der Waals surface area contributed by atoms with Crippen molar-refractivity contribution < 1.29 is 9.85 Å². The zero-order valence-corrected chi connectivity index (χ0v) is 11.9. The standard InChI is InChI=1S/C15H12N4O4/c20-18(21)12-5-1-10(2-6-12)14-9-15(17-16-14)11-3-7-13(8-4-11)19(22)23/h1-8,14,16H,9H2. The number of non-ortho nitro benzene ring substituents is 2. The van der Waals surface area contributed by atoms with Crippen molar-refractivity contribution in [3.63, 3.8) is 0 Å². The number of hydrogen-bond donors (Lipinski definition) is 1. The van der Waals surface area contributed by atoms with E-state index in [2.05, 4.69) is 10.5 Å². The van der Waals surface area contributed by atoms with Crippen LogP contribution in [0.25, 0.3) is 0 Å². The number of hydrazone groups is 1. The lowest BCUT2D eigenvalue weighted by atomic mass is 9.99. The first kappa shape index (κ1) is 14.6. The van der Waals surface area contributed by atoms with E-state index in [1.165, 1.54) is 24.3 Å². The summed E-state index contributed by atoms with van der Waals surface area (Å²) in [6.45, 7) is 0. The highest BCUT2D eigenvalue weighted by Gasteiger charge is 2.22. The van der Waals surface area contributed by atoms with Gasteiger partial charge in [0, 0.05) is 30.7 Å². The van der Waals surface area contributed by atoms with E-state index in [0.717, 1.165) is 16.8 Å². The van der Waals surface area contributed by atoms with Crippen molar-refractivity contribution in [1.29, 1.82) is 0 Å². The maximum atomic E-state index is 10.7. The minimum atomic E-state index is -0.446. The van der Waals surface area contributed by atoms with E-state index in [1.54, 1.807) is 24.3 Å². The predicted octanol–water partition coefficient (Wildman–Crippen LogP) is 2.94. The summed E-state index contributed by atoms with van der Waals surface area (Å²) in [4.78, 5) is 20.4. The molecule has 0 aromatic heterocycles. The number of hydrogen-bond acceptors (Lipinski definition) is 6. The molecule has 1 heterocycles. The van der Waals surface area contributed by atoms with Gasteiger partial charge in [0.25, 0.3) is 11.4 Å². The number of nitro benzene ring substituents is 2. The molecule has 1 unspecified atom stereocenters. The topological polar surface area (TPSA) is 111 Å². The third-order valence-electron chi connectivity index (χ3n) is 3.67. The number of nitrogens with zero attached hydrogens (tertiary/aromatic N) is 3. The summed E-state index contributed by atoms with van der Waals surface area (Å²) in [6, 6.07) is 12.5. The van der Waals surface area contributed by atoms with Gasteiger partial charge in [-0.15, -0.1) is 0 Å². The van der Waals surface area contributed by atoms with Crippen LogP contribution in [-0.4, -0.2) is 15.6 Å². The Morgan fingerprint density at radius 1 is 0.913 bits per heavy atom. The van der Waals surface area contributed by atoms with Gasteiger partial charge in [-0.3, -0.25) is 20.2 Å². The molecule has 8 heteroatoms. The van der Waals surface area contributed by atoms with Crippen molar-refractivity contribution in [3.05, 3.63) is 79.9 Å². The first-order chi connectivity index (χ1) is 11.0. The molecule has 3 rings (SSSR count). The Morgan fingerprint density at radius 2 is 1.43 bits per heavy atom. The molecule has 0 saturated carbocycles. The Labute approximate surface area is 130 Å².